The van der Waals surface area contributed by atoms with Crippen LogP contribution in [0.25, 0.3) is 11.0 Å². The highest BCUT2D eigenvalue weighted by atomic mass is 16.5. The molecule has 3 aromatic rings. The molecule has 1 aliphatic heterocycles. The molecule has 1 aliphatic rings. The molecule has 0 aliphatic carbocycles. The molecule has 0 saturated heterocycles. The number of guanidine groups is 1. The lowest BCUT2D eigenvalue weighted by atomic mass is 10.3. The molecule has 116 valence electrons. The molecule has 0 spiro atoms. The summed E-state index contributed by atoms with van der Waals surface area (Å²) in [4.78, 5) is 20.4. The average Bonchev–Trinajstić information content (AvgIpc) is 3.17. The summed E-state index contributed by atoms with van der Waals surface area (Å²) in [7, 11) is 1.30. The first-order valence-electron chi connectivity index (χ1n) is 6.92. The highest BCUT2D eigenvalue weighted by Gasteiger charge is 2.28. The van der Waals surface area contributed by atoms with Crippen LogP contribution in [0.1, 0.15) is 22.5 Å². The van der Waals surface area contributed by atoms with Gasteiger partial charge in [0.25, 0.3) is 0 Å². The van der Waals surface area contributed by atoms with Gasteiger partial charge in [0.1, 0.15) is 0 Å². The number of hydrogen-bond acceptors (Lipinski definition) is 7. The van der Waals surface area contributed by atoms with E-state index in [-0.39, 0.29) is 11.7 Å². The molecule has 4 rings (SSSR count). The van der Waals surface area contributed by atoms with Gasteiger partial charge in [-0.15, -0.1) is 0 Å². The van der Waals surface area contributed by atoms with Crippen LogP contribution in [0.4, 0.5) is 5.95 Å². The molecule has 1 aromatic carbocycles. The lowest BCUT2D eigenvalue weighted by Gasteiger charge is -2.21. The average molecular weight is 311 g/mol. The summed E-state index contributed by atoms with van der Waals surface area (Å²) >= 11 is 0. The molecule has 8 heteroatoms. The van der Waals surface area contributed by atoms with E-state index in [9.17, 15) is 4.79 Å². The molecule has 1 atom stereocenters. The van der Waals surface area contributed by atoms with Crippen molar-refractivity contribution in [1.29, 1.82) is 0 Å². The van der Waals surface area contributed by atoms with E-state index < -0.39 is 12.1 Å². The van der Waals surface area contributed by atoms with Crippen LogP contribution in [-0.2, 0) is 4.74 Å². The first-order valence-corrected chi connectivity index (χ1v) is 6.92. The van der Waals surface area contributed by atoms with Gasteiger partial charge in [0.05, 0.1) is 18.1 Å². The molecule has 0 unspecified atom stereocenters. The molecule has 0 saturated carbocycles. The number of aromatic nitrogens is 2. The van der Waals surface area contributed by atoms with Crippen LogP contribution in [0, 0.1) is 0 Å². The van der Waals surface area contributed by atoms with Gasteiger partial charge in [-0.25, -0.2) is 14.8 Å². The van der Waals surface area contributed by atoms with Crippen molar-refractivity contribution in [1.82, 2.24) is 9.55 Å². The number of benzene rings is 1. The Bertz CT molecular complexity index is 940. The van der Waals surface area contributed by atoms with E-state index in [1.165, 1.54) is 7.11 Å². The highest BCUT2D eigenvalue weighted by molar-refractivity contribution is 5.94. The van der Waals surface area contributed by atoms with Gasteiger partial charge in [-0.05, 0) is 24.3 Å². The van der Waals surface area contributed by atoms with E-state index in [2.05, 4.69) is 20.0 Å². The zero-order valence-corrected chi connectivity index (χ0v) is 12.2. The van der Waals surface area contributed by atoms with Crippen LogP contribution < -0.4 is 11.1 Å². The van der Waals surface area contributed by atoms with Crippen molar-refractivity contribution in [3.63, 3.8) is 0 Å². The molecule has 0 amide bonds. The zero-order chi connectivity index (χ0) is 16.0. The third-order valence-corrected chi connectivity index (χ3v) is 3.61. The Balaban J connectivity index is 1.87. The topological polar surface area (TPSA) is 108 Å². The minimum Gasteiger partial charge on any atom is -0.463 e. The number of methoxy groups -OCH3 is 1. The van der Waals surface area contributed by atoms with Crippen molar-refractivity contribution >= 4 is 28.9 Å². The second kappa shape index (κ2) is 4.87. The summed E-state index contributed by atoms with van der Waals surface area (Å²) in [5.41, 5.74) is 7.54. The second-order valence-corrected chi connectivity index (χ2v) is 5.00. The van der Waals surface area contributed by atoms with Gasteiger partial charge in [-0.3, -0.25) is 9.88 Å². The predicted octanol–water partition coefficient (Wildman–Crippen LogP) is 1.70. The SMILES string of the molecule is COC(=O)c1ccc([C@@H]2N=C(N)Nc3nc4ccccc4n32)o1. The molecular formula is C15H13N5O3. The van der Waals surface area contributed by atoms with Gasteiger partial charge in [0.2, 0.25) is 11.7 Å². The summed E-state index contributed by atoms with van der Waals surface area (Å²) in [6.07, 6.45) is -0.544. The van der Waals surface area contributed by atoms with E-state index in [0.29, 0.717) is 11.7 Å². The van der Waals surface area contributed by atoms with E-state index in [4.69, 9.17) is 10.2 Å². The number of esters is 1. The highest BCUT2D eigenvalue weighted by Crippen LogP contribution is 2.33. The Morgan fingerprint density at radius 1 is 1.35 bits per heavy atom. The van der Waals surface area contributed by atoms with Gasteiger partial charge < -0.3 is 14.9 Å². The van der Waals surface area contributed by atoms with Gasteiger partial charge in [-0.1, -0.05) is 12.1 Å². The second-order valence-electron chi connectivity index (χ2n) is 5.00. The number of para-hydroxylation sites is 2. The quantitative estimate of drug-likeness (QED) is 0.697. The fourth-order valence-corrected chi connectivity index (χ4v) is 2.61. The summed E-state index contributed by atoms with van der Waals surface area (Å²) in [5.74, 6) is 0.839. The molecule has 0 fully saturated rings. The van der Waals surface area contributed by atoms with Crippen LogP contribution in [0.5, 0.6) is 0 Å². The minimum atomic E-state index is -0.544. The smallest absolute Gasteiger partial charge is 0.373 e. The molecule has 3 N–H and O–H groups in total. The van der Waals surface area contributed by atoms with Crippen LogP contribution in [-0.4, -0.2) is 28.6 Å². The van der Waals surface area contributed by atoms with Crippen LogP contribution >= 0.6 is 0 Å². The maximum atomic E-state index is 11.6. The molecule has 0 bridgehead atoms. The number of nitrogens with zero attached hydrogens (tertiary/aromatic N) is 3. The van der Waals surface area contributed by atoms with Gasteiger partial charge in [0.15, 0.2) is 17.9 Å². The zero-order valence-electron chi connectivity index (χ0n) is 12.2. The summed E-state index contributed by atoms with van der Waals surface area (Å²) in [6.45, 7) is 0. The molecule has 2 aromatic heterocycles. The number of carbonyl (C=O) groups is 1. The van der Waals surface area contributed by atoms with Crippen LogP contribution in [0.3, 0.4) is 0 Å². The molecule has 3 heterocycles. The van der Waals surface area contributed by atoms with E-state index >= 15 is 0 Å². The minimum absolute atomic E-state index is 0.112. The predicted molar refractivity (Wildman–Crippen MR) is 83.2 cm³/mol. The van der Waals surface area contributed by atoms with Crippen molar-refractivity contribution in [2.45, 2.75) is 6.17 Å². The largest absolute Gasteiger partial charge is 0.463 e. The molecule has 8 nitrogen and oxygen atoms in total. The van der Waals surface area contributed by atoms with Crippen molar-refractivity contribution in [3.05, 3.63) is 47.9 Å². The number of nitrogens with one attached hydrogen (secondary N) is 1. The maximum Gasteiger partial charge on any atom is 0.373 e. The van der Waals surface area contributed by atoms with Crippen LogP contribution in [0.15, 0.2) is 45.8 Å². The number of rotatable bonds is 2. The van der Waals surface area contributed by atoms with Gasteiger partial charge in [-0.2, -0.15) is 0 Å². The first kappa shape index (κ1) is 13.4. The number of anilines is 1. The van der Waals surface area contributed by atoms with E-state index in [0.717, 1.165) is 11.0 Å². The molecule has 23 heavy (non-hydrogen) atoms. The number of furan rings is 1. The number of carbonyl (C=O) groups excluding carboxylic acids is 1. The monoisotopic (exact) mass is 311 g/mol. The van der Waals surface area contributed by atoms with Crippen molar-refractivity contribution in [2.75, 3.05) is 12.4 Å². The number of aliphatic imine (C=N–C) groups is 1. The van der Waals surface area contributed by atoms with Gasteiger partial charge >= 0.3 is 5.97 Å². The first-order chi connectivity index (χ1) is 11.2. The van der Waals surface area contributed by atoms with E-state index in [1.54, 1.807) is 12.1 Å². The Kier molecular flexibility index (Phi) is 2.83. The number of ether oxygens (including phenoxy) is 1. The number of hydrogen-bond donors (Lipinski definition) is 2. The molecular weight excluding hydrogens is 298 g/mol. The van der Waals surface area contributed by atoms with Crippen molar-refractivity contribution < 1.29 is 13.9 Å². The number of fused-ring (bicyclic) bond motifs is 3. The van der Waals surface area contributed by atoms with Crippen molar-refractivity contribution in [2.24, 2.45) is 10.7 Å². The number of nitrogens with two attached hydrogens (primary N) is 1. The third-order valence-electron chi connectivity index (χ3n) is 3.61. The lowest BCUT2D eigenvalue weighted by molar-refractivity contribution is 0.0562. The van der Waals surface area contributed by atoms with E-state index in [1.807, 2.05) is 28.8 Å². The van der Waals surface area contributed by atoms with Crippen LogP contribution in [0.2, 0.25) is 0 Å². The lowest BCUT2D eigenvalue weighted by Crippen LogP contribution is -2.31. The summed E-state index contributed by atoms with van der Waals surface area (Å²) in [5, 5.41) is 2.94. The van der Waals surface area contributed by atoms with Crippen molar-refractivity contribution in [3.8, 4) is 0 Å². The fraction of sp³-hybridized carbons (Fsp3) is 0.133. The maximum absolute atomic E-state index is 11.6. The Morgan fingerprint density at radius 2 is 2.17 bits per heavy atom. The normalized spacial score (nSPS) is 16.6. The Morgan fingerprint density at radius 3 is 3.00 bits per heavy atom. The Hall–Kier alpha value is -3.29. The summed E-state index contributed by atoms with van der Waals surface area (Å²) < 4.78 is 12.1. The fourth-order valence-electron chi connectivity index (χ4n) is 2.61. The Labute approximate surface area is 130 Å². The van der Waals surface area contributed by atoms with Gasteiger partial charge in [0, 0.05) is 0 Å². The standard InChI is InChI=1S/C15H13N5O3/c1-22-13(21)11-7-6-10(23-11)12-18-14(16)19-15-17-8-4-2-3-5-9(8)20(12)15/h2-7,12H,1H3,(H3,16,17,18,19)/t12-/m1/s1. The third kappa shape index (κ3) is 2.03. The number of imidazole rings is 1. The molecule has 0 radical (unpaired) electrons. The summed E-state index contributed by atoms with van der Waals surface area (Å²) in [6, 6.07) is 10.9.